The van der Waals surface area contributed by atoms with Gasteiger partial charge in [-0.15, -0.1) is 0 Å². The highest BCUT2D eigenvalue weighted by molar-refractivity contribution is 7.88. The Bertz CT molecular complexity index is 606. The van der Waals surface area contributed by atoms with Gasteiger partial charge < -0.3 is 10.1 Å². The summed E-state index contributed by atoms with van der Waals surface area (Å²) in [5, 5.41) is 8.51. The molecular weight excluding hydrogens is 288 g/mol. The summed E-state index contributed by atoms with van der Waals surface area (Å²) in [5.41, 5.74) is 1.25. The van der Waals surface area contributed by atoms with E-state index in [2.05, 4.69) is 33.0 Å². The summed E-state index contributed by atoms with van der Waals surface area (Å²) in [6, 6.07) is 7.52. The average Bonchev–Trinajstić information content (AvgIpc) is 2.47. The van der Waals surface area contributed by atoms with Gasteiger partial charge in [0, 0.05) is 5.69 Å². The number of anilines is 1. The van der Waals surface area contributed by atoms with Crippen LogP contribution in [0.25, 0.3) is 0 Å². The number of nitrogens with one attached hydrogen (secondary N) is 1. The van der Waals surface area contributed by atoms with Crippen molar-refractivity contribution in [2.45, 2.75) is 57.1 Å². The molecule has 3 N–H and O–H groups in total. The Balaban J connectivity index is 2.07. The maximum atomic E-state index is 11.1. The summed E-state index contributed by atoms with van der Waals surface area (Å²) < 4.78 is 28.2. The molecule has 1 aliphatic rings. The topological polar surface area (TPSA) is 81.4 Å². The van der Waals surface area contributed by atoms with Crippen molar-refractivity contribution in [1.82, 2.24) is 0 Å². The highest BCUT2D eigenvalue weighted by atomic mass is 32.2. The maximum absolute atomic E-state index is 11.1. The summed E-state index contributed by atoms with van der Waals surface area (Å²) in [7, 11) is -3.49. The van der Waals surface area contributed by atoms with Crippen molar-refractivity contribution in [2.24, 2.45) is 5.14 Å². The number of primary sulfonamides is 1. The predicted molar refractivity (Wildman–Crippen MR) is 84.5 cm³/mol. The molecule has 5 nitrogen and oxygen atoms in total. The second kappa shape index (κ2) is 5.26. The zero-order valence-electron chi connectivity index (χ0n) is 13.0. The van der Waals surface area contributed by atoms with Crippen LogP contribution in [-0.2, 0) is 20.5 Å². The van der Waals surface area contributed by atoms with Gasteiger partial charge in [0.1, 0.15) is 0 Å². The number of sulfonamides is 1. The van der Waals surface area contributed by atoms with Crippen molar-refractivity contribution in [3.8, 4) is 0 Å². The van der Waals surface area contributed by atoms with E-state index in [9.17, 15) is 8.42 Å². The van der Waals surface area contributed by atoms with E-state index in [1.54, 1.807) is 12.1 Å². The Morgan fingerprint density at radius 1 is 1.24 bits per heavy atom. The van der Waals surface area contributed by atoms with Gasteiger partial charge in [-0.2, -0.15) is 0 Å². The summed E-state index contributed by atoms with van der Waals surface area (Å²) in [6.07, 6.45) is 0.916. The molecule has 1 heterocycles. The zero-order chi connectivity index (χ0) is 15.9. The molecule has 0 saturated carbocycles. The Hall–Kier alpha value is -1.11. The number of ether oxygens (including phenoxy) is 1. The molecule has 2 rings (SSSR count). The second-order valence-corrected chi connectivity index (χ2v) is 8.48. The van der Waals surface area contributed by atoms with E-state index in [1.165, 1.54) is 0 Å². The molecule has 0 aliphatic carbocycles. The van der Waals surface area contributed by atoms with E-state index in [1.807, 2.05) is 12.1 Å². The van der Waals surface area contributed by atoms with E-state index in [4.69, 9.17) is 9.88 Å². The van der Waals surface area contributed by atoms with Gasteiger partial charge in [0.2, 0.25) is 10.0 Å². The highest BCUT2D eigenvalue weighted by Crippen LogP contribution is 2.38. The molecule has 0 spiro atoms. The van der Waals surface area contributed by atoms with Gasteiger partial charge in [0.15, 0.2) is 0 Å². The first-order valence-corrected chi connectivity index (χ1v) is 8.75. The lowest BCUT2D eigenvalue weighted by Gasteiger charge is -2.28. The minimum atomic E-state index is -3.49. The summed E-state index contributed by atoms with van der Waals surface area (Å²) in [4.78, 5) is 0. The van der Waals surface area contributed by atoms with Crippen LogP contribution in [0.5, 0.6) is 0 Å². The monoisotopic (exact) mass is 312 g/mol. The molecule has 1 aliphatic heterocycles. The largest absolute Gasteiger partial charge is 0.379 e. The van der Waals surface area contributed by atoms with Gasteiger partial charge in [-0.25, -0.2) is 13.6 Å². The first kappa shape index (κ1) is 16.3. The normalized spacial score (nSPS) is 24.0. The molecule has 6 heteroatoms. The molecule has 1 unspecified atom stereocenters. The fraction of sp³-hybridized carbons (Fsp3) is 0.600. The molecule has 1 saturated heterocycles. The highest BCUT2D eigenvalue weighted by Gasteiger charge is 2.45. The van der Waals surface area contributed by atoms with Crippen LogP contribution in [0.15, 0.2) is 24.3 Å². The molecule has 118 valence electrons. The van der Waals surface area contributed by atoms with Crippen molar-refractivity contribution in [2.75, 3.05) is 5.32 Å². The van der Waals surface area contributed by atoms with Gasteiger partial charge in [-0.05, 0) is 51.8 Å². The van der Waals surface area contributed by atoms with Crippen LogP contribution in [0.4, 0.5) is 5.69 Å². The summed E-state index contributed by atoms with van der Waals surface area (Å²) in [6.45, 7) is 8.33. The molecule has 1 aromatic rings. The molecule has 0 bridgehead atoms. The van der Waals surface area contributed by atoms with Crippen molar-refractivity contribution in [3.63, 3.8) is 0 Å². The third-order valence-corrected chi connectivity index (χ3v) is 4.47. The molecule has 21 heavy (non-hydrogen) atoms. The minimum absolute atomic E-state index is 0.141. The Kier molecular flexibility index (Phi) is 4.08. The number of benzene rings is 1. The van der Waals surface area contributed by atoms with Gasteiger partial charge >= 0.3 is 0 Å². The first-order chi connectivity index (χ1) is 9.47. The van der Waals surface area contributed by atoms with Crippen LogP contribution < -0.4 is 10.5 Å². The van der Waals surface area contributed by atoms with E-state index in [-0.39, 0.29) is 23.0 Å². The fourth-order valence-corrected chi connectivity index (χ4v) is 3.57. The minimum Gasteiger partial charge on any atom is -0.379 e. The molecule has 1 aromatic carbocycles. The quantitative estimate of drug-likeness (QED) is 0.893. The molecule has 0 aromatic heterocycles. The molecule has 0 radical (unpaired) electrons. The number of hydrogen-bond donors (Lipinski definition) is 2. The molecular formula is C15H24N2O3S. The van der Waals surface area contributed by atoms with Crippen LogP contribution in [-0.4, -0.2) is 25.7 Å². The van der Waals surface area contributed by atoms with Gasteiger partial charge in [-0.3, -0.25) is 0 Å². The first-order valence-electron chi connectivity index (χ1n) is 7.03. The van der Waals surface area contributed by atoms with E-state index >= 15 is 0 Å². The third-order valence-electron chi connectivity index (χ3n) is 3.74. The Morgan fingerprint density at radius 3 is 2.24 bits per heavy atom. The van der Waals surface area contributed by atoms with E-state index in [0.29, 0.717) is 5.56 Å². The lowest BCUT2D eigenvalue weighted by Crippen LogP contribution is -2.38. The van der Waals surface area contributed by atoms with Crippen LogP contribution in [0.2, 0.25) is 0 Å². The van der Waals surface area contributed by atoms with E-state index < -0.39 is 10.0 Å². The number of hydrogen-bond acceptors (Lipinski definition) is 4. The van der Waals surface area contributed by atoms with Gasteiger partial charge in [0.25, 0.3) is 0 Å². The van der Waals surface area contributed by atoms with Crippen molar-refractivity contribution >= 4 is 15.7 Å². The molecule has 0 amide bonds. The maximum Gasteiger partial charge on any atom is 0.213 e. The van der Waals surface area contributed by atoms with Crippen LogP contribution in [0.3, 0.4) is 0 Å². The smallest absolute Gasteiger partial charge is 0.213 e. The lowest BCUT2D eigenvalue weighted by atomic mass is 9.94. The van der Waals surface area contributed by atoms with Crippen molar-refractivity contribution < 1.29 is 13.2 Å². The molecule has 1 fully saturated rings. The van der Waals surface area contributed by atoms with Crippen molar-refractivity contribution in [1.29, 1.82) is 0 Å². The number of rotatable bonds is 4. The van der Waals surface area contributed by atoms with Crippen LogP contribution in [0, 0.1) is 0 Å². The van der Waals surface area contributed by atoms with Crippen LogP contribution in [0.1, 0.15) is 39.7 Å². The predicted octanol–water partition coefficient (Wildman–Crippen LogP) is 2.23. The standard InChI is InChI=1S/C15H24N2O3S/c1-14(2)9-13(15(3,4)20-14)17-12-7-5-11(6-8-12)10-21(16,18)19/h5-8,13,17H,9-10H2,1-4H3,(H2,16,18,19). The SMILES string of the molecule is CC1(C)CC(Nc2ccc(CS(N)(=O)=O)cc2)C(C)(C)O1. The average molecular weight is 312 g/mol. The van der Waals surface area contributed by atoms with Crippen molar-refractivity contribution in [3.05, 3.63) is 29.8 Å². The number of nitrogens with two attached hydrogens (primary N) is 1. The van der Waals surface area contributed by atoms with Crippen LogP contribution >= 0.6 is 0 Å². The third kappa shape index (κ3) is 4.43. The summed E-state index contributed by atoms with van der Waals surface area (Å²) in [5.74, 6) is -0.141. The Morgan fingerprint density at radius 2 is 1.81 bits per heavy atom. The second-order valence-electron chi connectivity index (χ2n) is 6.87. The lowest BCUT2D eigenvalue weighted by molar-refractivity contribution is -0.0662. The van der Waals surface area contributed by atoms with Gasteiger partial charge in [-0.1, -0.05) is 12.1 Å². The Labute approximate surface area is 126 Å². The molecule has 1 atom stereocenters. The van der Waals surface area contributed by atoms with Gasteiger partial charge in [0.05, 0.1) is 23.0 Å². The summed E-state index contributed by atoms with van der Waals surface area (Å²) >= 11 is 0. The fourth-order valence-electron chi connectivity index (χ4n) is 2.92. The van der Waals surface area contributed by atoms with E-state index in [0.717, 1.165) is 12.1 Å². The zero-order valence-corrected chi connectivity index (χ0v) is 13.8.